The maximum atomic E-state index is 12.5. The number of carbonyl (C=O) groups excluding carboxylic acids is 1. The van der Waals surface area contributed by atoms with Crippen molar-refractivity contribution in [3.8, 4) is 0 Å². The van der Waals surface area contributed by atoms with Crippen molar-refractivity contribution in [1.29, 1.82) is 0 Å². The fourth-order valence-corrected chi connectivity index (χ4v) is 4.70. The third-order valence-electron chi connectivity index (χ3n) is 4.03. The molecule has 2 heterocycles. The molecule has 2 aromatic rings. The van der Waals surface area contributed by atoms with E-state index in [0.29, 0.717) is 15.8 Å². The SMILES string of the molecule is CSC1CCCC(NC(=O)c2sc3cnccc3c2N)C1. The van der Waals surface area contributed by atoms with Gasteiger partial charge in [-0.1, -0.05) is 6.42 Å². The van der Waals surface area contributed by atoms with Crippen molar-refractivity contribution in [3.05, 3.63) is 23.3 Å². The Morgan fingerprint density at radius 2 is 2.38 bits per heavy atom. The third kappa shape index (κ3) is 3.01. The van der Waals surface area contributed by atoms with Crippen LogP contribution in [0.5, 0.6) is 0 Å². The van der Waals surface area contributed by atoms with Crippen LogP contribution in [0.25, 0.3) is 10.1 Å². The van der Waals surface area contributed by atoms with Gasteiger partial charge in [0.05, 0.1) is 10.4 Å². The quantitative estimate of drug-likeness (QED) is 0.910. The molecule has 0 spiro atoms. The lowest BCUT2D eigenvalue weighted by atomic mass is 9.95. The van der Waals surface area contributed by atoms with Gasteiger partial charge in [0.25, 0.3) is 5.91 Å². The molecule has 112 valence electrons. The summed E-state index contributed by atoms with van der Waals surface area (Å²) < 4.78 is 0.964. The summed E-state index contributed by atoms with van der Waals surface area (Å²) in [5, 5.41) is 4.74. The number of nitrogens with zero attached hydrogens (tertiary/aromatic N) is 1. The minimum Gasteiger partial charge on any atom is -0.397 e. The number of carbonyl (C=O) groups is 1. The second-order valence-corrected chi connectivity index (χ2v) is 7.60. The van der Waals surface area contributed by atoms with E-state index in [0.717, 1.165) is 22.9 Å². The number of nitrogen functional groups attached to an aromatic ring is 1. The van der Waals surface area contributed by atoms with E-state index in [9.17, 15) is 4.79 Å². The third-order valence-corrected chi connectivity index (χ3v) is 6.28. The Balaban J connectivity index is 1.76. The number of amides is 1. The van der Waals surface area contributed by atoms with Crippen LogP contribution in [0, 0.1) is 0 Å². The van der Waals surface area contributed by atoms with E-state index in [-0.39, 0.29) is 11.9 Å². The molecule has 0 radical (unpaired) electrons. The first-order valence-corrected chi connectivity index (χ1v) is 9.25. The van der Waals surface area contributed by atoms with Crippen LogP contribution in [0.3, 0.4) is 0 Å². The number of rotatable bonds is 3. The number of fused-ring (bicyclic) bond motifs is 1. The van der Waals surface area contributed by atoms with Gasteiger partial charge in [-0.2, -0.15) is 11.8 Å². The maximum Gasteiger partial charge on any atom is 0.263 e. The number of nitrogens with one attached hydrogen (secondary N) is 1. The number of hydrogen-bond acceptors (Lipinski definition) is 5. The zero-order chi connectivity index (χ0) is 14.8. The molecular formula is C15H19N3OS2. The zero-order valence-electron chi connectivity index (χ0n) is 12.0. The highest BCUT2D eigenvalue weighted by atomic mass is 32.2. The van der Waals surface area contributed by atoms with Gasteiger partial charge in [-0.3, -0.25) is 9.78 Å². The molecule has 1 aliphatic carbocycles. The summed E-state index contributed by atoms with van der Waals surface area (Å²) in [6.07, 6.45) is 10.2. The van der Waals surface area contributed by atoms with Crippen molar-refractivity contribution in [2.75, 3.05) is 12.0 Å². The van der Waals surface area contributed by atoms with Gasteiger partial charge in [-0.05, 0) is 31.6 Å². The smallest absolute Gasteiger partial charge is 0.263 e. The summed E-state index contributed by atoms with van der Waals surface area (Å²) in [6, 6.07) is 2.13. The first kappa shape index (κ1) is 14.7. The number of pyridine rings is 1. The Labute approximate surface area is 132 Å². The first-order chi connectivity index (χ1) is 10.2. The normalized spacial score (nSPS) is 22.3. The van der Waals surface area contributed by atoms with Gasteiger partial charge in [0, 0.05) is 29.1 Å². The topological polar surface area (TPSA) is 68.0 Å². The van der Waals surface area contributed by atoms with Crippen LogP contribution in [-0.2, 0) is 0 Å². The van der Waals surface area contributed by atoms with Gasteiger partial charge in [0.1, 0.15) is 4.88 Å². The van der Waals surface area contributed by atoms with Crippen LogP contribution < -0.4 is 11.1 Å². The van der Waals surface area contributed by atoms with E-state index in [1.807, 2.05) is 17.8 Å². The lowest BCUT2D eigenvalue weighted by Gasteiger charge is -2.28. The van der Waals surface area contributed by atoms with Crippen molar-refractivity contribution < 1.29 is 4.79 Å². The van der Waals surface area contributed by atoms with Gasteiger partial charge >= 0.3 is 0 Å². The predicted molar refractivity (Wildman–Crippen MR) is 91.1 cm³/mol. The van der Waals surface area contributed by atoms with Crippen LogP contribution >= 0.6 is 23.1 Å². The van der Waals surface area contributed by atoms with Gasteiger partial charge in [0.15, 0.2) is 0 Å². The van der Waals surface area contributed by atoms with Gasteiger partial charge in [0.2, 0.25) is 0 Å². The number of anilines is 1. The highest BCUT2D eigenvalue weighted by Gasteiger charge is 2.24. The Bertz CT molecular complexity index is 655. The van der Waals surface area contributed by atoms with Gasteiger partial charge < -0.3 is 11.1 Å². The van der Waals surface area contributed by atoms with Crippen LogP contribution in [-0.4, -0.2) is 28.4 Å². The standard InChI is InChI=1S/C15H19N3OS2/c1-20-10-4-2-3-9(7-10)18-15(19)14-13(16)11-5-6-17-8-12(11)21-14/h5-6,8-10H,2-4,7,16H2,1H3,(H,18,19). The first-order valence-electron chi connectivity index (χ1n) is 7.14. The largest absolute Gasteiger partial charge is 0.397 e. The van der Waals surface area contributed by atoms with E-state index in [2.05, 4.69) is 16.6 Å². The van der Waals surface area contributed by atoms with Gasteiger partial charge in [-0.25, -0.2) is 0 Å². The molecule has 2 unspecified atom stereocenters. The molecule has 0 bridgehead atoms. The number of thiophene rings is 1. The monoisotopic (exact) mass is 321 g/mol. The highest BCUT2D eigenvalue weighted by molar-refractivity contribution is 7.99. The van der Waals surface area contributed by atoms with Crippen molar-refractivity contribution in [2.45, 2.75) is 37.0 Å². The maximum absolute atomic E-state index is 12.5. The molecule has 0 aromatic carbocycles. The molecule has 0 saturated heterocycles. The Kier molecular flexibility index (Phi) is 4.35. The van der Waals surface area contributed by atoms with Crippen LogP contribution in [0.2, 0.25) is 0 Å². The number of nitrogens with two attached hydrogens (primary N) is 1. The average molecular weight is 321 g/mol. The molecular weight excluding hydrogens is 302 g/mol. The van der Waals surface area contributed by atoms with Crippen molar-refractivity contribution >= 4 is 44.8 Å². The Hall–Kier alpha value is -1.27. The van der Waals surface area contributed by atoms with E-state index >= 15 is 0 Å². The number of aromatic nitrogens is 1. The Morgan fingerprint density at radius 3 is 3.14 bits per heavy atom. The minimum atomic E-state index is -0.0412. The molecule has 0 aliphatic heterocycles. The van der Waals surface area contributed by atoms with Crippen LogP contribution in [0.4, 0.5) is 5.69 Å². The molecule has 1 fully saturated rings. The lowest BCUT2D eigenvalue weighted by Crippen LogP contribution is -2.39. The Morgan fingerprint density at radius 1 is 1.52 bits per heavy atom. The fraction of sp³-hybridized carbons (Fsp3) is 0.467. The summed E-state index contributed by atoms with van der Waals surface area (Å²) in [7, 11) is 0. The summed E-state index contributed by atoms with van der Waals surface area (Å²) in [5.41, 5.74) is 6.69. The number of hydrogen-bond donors (Lipinski definition) is 2. The van der Waals surface area contributed by atoms with Crippen molar-refractivity contribution in [1.82, 2.24) is 10.3 Å². The van der Waals surface area contributed by atoms with E-state index in [1.54, 1.807) is 12.4 Å². The fourth-order valence-electron chi connectivity index (χ4n) is 2.88. The van der Waals surface area contributed by atoms with E-state index in [4.69, 9.17) is 5.73 Å². The predicted octanol–water partition coefficient (Wildman–Crippen LogP) is 3.28. The lowest BCUT2D eigenvalue weighted by molar-refractivity contribution is 0.0933. The molecule has 1 saturated carbocycles. The van der Waals surface area contributed by atoms with Crippen LogP contribution in [0.15, 0.2) is 18.5 Å². The molecule has 2 atom stereocenters. The molecule has 3 N–H and O–H groups in total. The molecule has 21 heavy (non-hydrogen) atoms. The molecule has 4 nitrogen and oxygen atoms in total. The molecule has 6 heteroatoms. The summed E-state index contributed by atoms with van der Waals surface area (Å²) in [6.45, 7) is 0. The summed E-state index contributed by atoms with van der Waals surface area (Å²) in [5.74, 6) is -0.0412. The zero-order valence-corrected chi connectivity index (χ0v) is 13.6. The summed E-state index contributed by atoms with van der Waals surface area (Å²) >= 11 is 3.32. The highest BCUT2D eigenvalue weighted by Crippen LogP contribution is 2.33. The van der Waals surface area contributed by atoms with E-state index in [1.165, 1.54) is 24.2 Å². The molecule has 1 aliphatic rings. The van der Waals surface area contributed by atoms with Gasteiger partial charge in [-0.15, -0.1) is 11.3 Å². The molecule has 3 rings (SSSR count). The average Bonchev–Trinajstić information content (AvgIpc) is 2.85. The second-order valence-electron chi connectivity index (χ2n) is 5.41. The summed E-state index contributed by atoms with van der Waals surface area (Å²) in [4.78, 5) is 17.2. The molecule has 1 amide bonds. The van der Waals surface area contributed by atoms with Crippen LogP contribution in [0.1, 0.15) is 35.4 Å². The van der Waals surface area contributed by atoms with Crippen molar-refractivity contribution in [2.24, 2.45) is 0 Å². The second kappa shape index (κ2) is 6.23. The van der Waals surface area contributed by atoms with Crippen molar-refractivity contribution in [3.63, 3.8) is 0 Å². The van der Waals surface area contributed by atoms with E-state index < -0.39 is 0 Å². The number of thioether (sulfide) groups is 1. The molecule has 2 aromatic heterocycles. The minimum absolute atomic E-state index is 0.0412.